The molecule has 0 atom stereocenters. The van der Waals surface area contributed by atoms with Gasteiger partial charge in [-0.1, -0.05) is 11.6 Å². The molecule has 2 aromatic heterocycles. The number of hydrogen-bond acceptors (Lipinski definition) is 5. The number of sulfonamides is 1. The fraction of sp³-hybridized carbons (Fsp3) is 0.125. The Morgan fingerprint density at radius 3 is 2.61 bits per heavy atom. The minimum absolute atomic E-state index is 0.0133. The average molecular weight is 308 g/mol. The molecule has 0 amide bonds. The van der Waals surface area contributed by atoms with Crippen LogP contribution in [0.5, 0.6) is 0 Å². The van der Waals surface area contributed by atoms with Crippen molar-refractivity contribution in [2.24, 2.45) is 0 Å². The highest BCUT2D eigenvalue weighted by atomic mass is 35.5. The third-order valence-corrected chi connectivity index (χ3v) is 3.81. The summed E-state index contributed by atoms with van der Waals surface area (Å²) in [6.07, 6.45) is 1.20. The lowest BCUT2D eigenvalue weighted by atomic mass is 10.5. The Morgan fingerprint density at radius 2 is 2.06 bits per heavy atom. The van der Waals surface area contributed by atoms with Gasteiger partial charge in [-0.15, -0.1) is 0 Å². The van der Waals surface area contributed by atoms with Gasteiger partial charge in [0.1, 0.15) is 15.9 Å². The summed E-state index contributed by atoms with van der Waals surface area (Å²) in [6.45, 7) is 1.58. The van der Waals surface area contributed by atoms with Crippen molar-refractivity contribution < 1.29 is 8.42 Å². The van der Waals surface area contributed by atoms with Gasteiger partial charge in [0, 0.05) is 6.07 Å². The molecule has 2 N–H and O–H groups in total. The minimum Gasteiger partial charge on any atom is -0.281 e. The number of rotatable bonds is 3. The molecule has 0 radical (unpaired) electrons. The number of halogens is 2. The molecule has 2 aromatic rings. The van der Waals surface area contributed by atoms with Crippen LogP contribution < -0.4 is 4.72 Å². The Labute approximate surface area is 113 Å². The first kappa shape index (κ1) is 13.1. The molecular weight excluding hydrogens is 301 g/mol. The van der Waals surface area contributed by atoms with Gasteiger partial charge in [-0.2, -0.15) is 10.1 Å². The number of hydrogen-bond donors (Lipinski definition) is 2. The molecule has 2 heterocycles. The number of anilines is 1. The van der Waals surface area contributed by atoms with Crippen LogP contribution in [0, 0.1) is 6.92 Å². The lowest BCUT2D eigenvalue weighted by Gasteiger charge is -2.06. The maximum Gasteiger partial charge on any atom is 0.266 e. The number of nitrogens with zero attached hydrogens (tertiary/aromatic N) is 3. The van der Waals surface area contributed by atoms with Gasteiger partial charge >= 0.3 is 0 Å². The Kier molecular flexibility index (Phi) is 3.42. The maximum atomic E-state index is 12.0. The van der Waals surface area contributed by atoms with Crippen molar-refractivity contribution >= 4 is 39.0 Å². The van der Waals surface area contributed by atoms with Crippen molar-refractivity contribution in [1.82, 2.24) is 20.2 Å². The van der Waals surface area contributed by atoms with Crippen molar-refractivity contribution in [2.75, 3.05) is 4.72 Å². The van der Waals surface area contributed by atoms with Gasteiger partial charge in [0.2, 0.25) is 5.28 Å². The summed E-state index contributed by atoms with van der Waals surface area (Å²) in [5.41, 5.74) is 0.411. The Bertz CT molecular complexity index is 664. The maximum absolute atomic E-state index is 12.0. The van der Waals surface area contributed by atoms with E-state index in [0.29, 0.717) is 5.69 Å². The lowest BCUT2D eigenvalue weighted by molar-refractivity contribution is 0.600. The molecule has 7 nitrogen and oxygen atoms in total. The lowest BCUT2D eigenvalue weighted by Crippen LogP contribution is -2.14. The van der Waals surface area contributed by atoms with E-state index >= 15 is 0 Å². The molecule has 18 heavy (non-hydrogen) atoms. The van der Waals surface area contributed by atoms with Crippen LogP contribution in [0.3, 0.4) is 0 Å². The predicted molar refractivity (Wildman–Crippen MR) is 66.2 cm³/mol. The molecule has 96 valence electrons. The second kappa shape index (κ2) is 4.71. The first-order valence-corrected chi connectivity index (χ1v) is 6.85. The van der Waals surface area contributed by atoms with Crippen LogP contribution in [-0.4, -0.2) is 28.6 Å². The van der Waals surface area contributed by atoms with Crippen LogP contribution in [0.4, 0.5) is 5.82 Å². The quantitative estimate of drug-likeness (QED) is 0.663. The predicted octanol–water partition coefficient (Wildman–Crippen LogP) is 1.62. The third-order valence-electron chi connectivity index (χ3n) is 1.98. The summed E-state index contributed by atoms with van der Waals surface area (Å²) in [5, 5.41) is 6.05. The highest BCUT2D eigenvalue weighted by Gasteiger charge is 2.19. The number of aryl methyl sites for hydroxylation is 1. The van der Waals surface area contributed by atoms with Crippen molar-refractivity contribution in [3.8, 4) is 0 Å². The first-order chi connectivity index (χ1) is 8.38. The number of aromatic amines is 1. The summed E-state index contributed by atoms with van der Waals surface area (Å²) < 4.78 is 26.2. The van der Waals surface area contributed by atoms with E-state index in [-0.39, 0.29) is 21.2 Å². The molecule has 0 aromatic carbocycles. The van der Waals surface area contributed by atoms with Gasteiger partial charge in [0.25, 0.3) is 10.0 Å². The normalized spacial score (nSPS) is 11.5. The molecule has 0 saturated heterocycles. The highest BCUT2D eigenvalue weighted by molar-refractivity contribution is 7.92. The van der Waals surface area contributed by atoms with Crippen LogP contribution in [0.2, 0.25) is 10.4 Å². The van der Waals surface area contributed by atoms with E-state index in [1.54, 1.807) is 6.92 Å². The average Bonchev–Trinajstić information content (AvgIpc) is 2.62. The standard InChI is InChI=1S/C8H7Cl2N5O2S/c1-4-5(3-11-14-4)18(16,17)15-7-2-6(9)12-8(10)13-7/h2-3H,1H3,(H,11,14)(H,12,13,15). The number of aromatic nitrogens is 4. The van der Waals surface area contributed by atoms with Crippen LogP contribution in [0.25, 0.3) is 0 Å². The molecule has 0 aliphatic carbocycles. The van der Waals surface area contributed by atoms with E-state index in [4.69, 9.17) is 23.2 Å². The summed E-state index contributed by atoms with van der Waals surface area (Å²) in [6, 6.07) is 1.25. The van der Waals surface area contributed by atoms with E-state index in [1.807, 2.05) is 0 Å². The van der Waals surface area contributed by atoms with Gasteiger partial charge in [0.05, 0.1) is 11.9 Å². The summed E-state index contributed by atoms with van der Waals surface area (Å²) in [5.74, 6) is -0.0133. The van der Waals surface area contributed by atoms with Crippen LogP contribution >= 0.6 is 23.2 Å². The number of nitrogens with one attached hydrogen (secondary N) is 2. The summed E-state index contributed by atoms with van der Waals surface area (Å²) >= 11 is 11.2. The second-order valence-electron chi connectivity index (χ2n) is 3.31. The third kappa shape index (κ3) is 2.71. The zero-order valence-electron chi connectivity index (χ0n) is 8.98. The first-order valence-electron chi connectivity index (χ1n) is 4.61. The number of H-pyrrole nitrogens is 1. The molecule has 0 saturated carbocycles. The van der Waals surface area contributed by atoms with Gasteiger partial charge in [-0.25, -0.2) is 13.4 Å². The highest BCUT2D eigenvalue weighted by Crippen LogP contribution is 2.19. The Morgan fingerprint density at radius 1 is 1.33 bits per heavy atom. The molecule has 0 aliphatic heterocycles. The Hall–Kier alpha value is -1.38. The van der Waals surface area contributed by atoms with Crippen molar-refractivity contribution in [3.05, 3.63) is 28.4 Å². The fourth-order valence-electron chi connectivity index (χ4n) is 1.25. The van der Waals surface area contributed by atoms with E-state index in [1.165, 1.54) is 12.3 Å². The summed E-state index contributed by atoms with van der Waals surface area (Å²) in [4.78, 5) is 7.34. The smallest absolute Gasteiger partial charge is 0.266 e. The largest absolute Gasteiger partial charge is 0.281 e. The van der Waals surface area contributed by atoms with Crippen molar-refractivity contribution in [3.63, 3.8) is 0 Å². The molecule has 0 bridgehead atoms. The van der Waals surface area contributed by atoms with Crippen LogP contribution in [-0.2, 0) is 10.0 Å². The molecule has 0 fully saturated rings. The summed E-state index contributed by atoms with van der Waals surface area (Å²) in [7, 11) is -3.79. The van der Waals surface area contributed by atoms with Gasteiger partial charge in [-0.3, -0.25) is 9.82 Å². The van der Waals surface area contributed by atoms with E-state index in [0.717, 1.165) is 0 Å². The SMILES string of the molecule is Cc1[nH]ncc1S(=O)(=O)Nc1cc(Cl)nc(Cl)n1. The molecular formula is C8H7Cl2N5O2S. The van der Waals surface area contributed by atoms with Gasteiger partial charge in [0.15, 0.2) is 0 Å². The minimum atomic E-state index is -3.79. The molecule has 0 spiro atoms. The monoisotopic (exact) mass is 307 g/mol. The second-order valence-corrected chi connectivity index (χ2v) is 5.69. The van der Waals surface area contributed by atoms with Crippen LogP contribution in [0.1, 0.15) is 5.69 Å². The van der Waals surface area contributed by atoms with Crippen LogP contribution in [0.15, 0.2) is 17.2 Å². The fourth-order valence-corrected chi connectivity index (χ4v) is 2.78. The van der Waals surface area contributed by atoms with E-state index < -0.39 is 10.0 Å². The van der Waals surface area contributed by atoms with Gasteiger partial charge < -0.3 is 0 Å². The molecule has 0 aliphatic rings. The zero-order valence-corrected chi connectivity index (χ0v) is 11.3. The molecule has 2 rings (SSSR count). The molecule has 10 heteroatoms. The van der Waals surface area contributed by atoms with Crippen molar-refractivity contribution in [2.45, 2.75) is 11.8 Å². The van der Waals surface area contributed by atoms with E-state index in [2.05, 4.69) is 24.9 Å². The molecule has 0 unspecified atom stereocenters. The Balaban J connectivity index is 2.37. The van der Waals surface area contributed by atoms with Crippen molar-refractivity contribution in [1.29, 1.82) is 0 Å². The zero-order chi connectivity index (χ0) is 13.3. The van der Waals surface area contributed by atoms with Gasteiger partial charge in [-0.05, 0) is 18.5 Å². The topological polar surface area (TPSA) is 101 Å². The van der Waals surface area contributed by atoms with E-state index in [9.17, 15) is 8.42 Å².